The number of carbonyl (C=O) groups excluding carboxylic acids is 1. The number of ether oxygens (including phenoxy) is 1. The van der Waals surface area contributed by atoms with Gasteiger partial charge in [0.15, 0.2) is 0 Å². The highest BCUT2D eigenvalue weighted by Gasteiger charge is 2.31. The molecule has 0 saturated carbocycles. The summed E-state index contributed by atoms with van der Waals surface area (Å²) in [5.74, 6) is 0.388. The molecule has 2 rings (SSSR count). The van der Waals surface area contributed by atoms with E-state index in [2.05, 4.69) is 26.5 Å². The molecule has 4 nitrogen and oxygen atoms in total. The molecule has 31 heavy (non-hydrogen) atoms. The van der Waals surface area contributed by atoms with Crippen molar-refractivity contribution in [2.24, 2.45) is 5.92 Å². The van der Waals surface area contributed by atoms with Gasteiger partial charge in [-0.25, -0.2) is 0 Å². The number of aromatic hydroxyl groups is 1. The molecule has 0 saturated heterocycles. The first-order chi connectivity index (χ1) is 14.8. The number of unbranched alkanes of at least 4 members (excludes halogenated alkanes) is 2. The number of benzene rings is 1. The number of aliphatic hydroxyl groups excluding tert-OH is 1. The molecule has 172 valence electrons. The van der Waals surface area contributed by atoms with Gasteiger partial charge in [0.05, 0.1) is 6.10 Å². The molecule has 2 N–H and O–H groups in total. The number of hydrogen-bond acceptors (Lipinski definition) is 4. The molecule has 0 fully saturated rings. The van der Waals surface area contributed by atoms with E-state index in [4.69, 9.17) is 4.74 Å². The number of aliphatic hydroxyl groups is 1. The lowest BCUT2D eigenvalue weighted by atomic mass is 9.73. The summed E-state index contributed by atoms with van der Waals surface area (Å²) in [6, 6.07) is 3.75. The Labute approximate surface area is 188 Å². The lowest BCUT2D eigenvalue weighted by Gasteiger charge is -2.32. The monoisotopic (exact) mass is 428 g/mol. The van der Waals surface area contributed by atoms with Crippen LogP contribution in [0.5, 0.6) is 11.5 Å². The number of esters is 1. The van der Waals surface area contributed by atoms with E-state index in [0.29, 0.717) is 24.2 Å². The molecule has 0 amide bonds. The Hall–Kier alpha value is -2.07. The maximum atomic E-state index is 12.6. The fraction of sp³-hybridized carbons (Fsp3) is 0.593. The van der Waals surface area contributed by atoms with Gasteiger partial charge >= 0.3 is 5.97 Å². The standard InChI is InChI=1S/C27H40O4/c1-6-8-9-10-20-16-24(29)27(23-15-19(5)11-13-22(23)18(3)4)25(17-20)31-26(30)14-12-21(28)7-2/h15-17,21-23,28-29H,3,6-14H2,1-2,4-5H3/t21?,22-,23+/m0/s1. The van der Waals surface area contributed by atoms with E-state index in [0.717, 1.165) is 49.7 Å². The van der Waals surface area contributed by atoms with Crippen molar-refractivity contribution in [2.45, 2.75) is 97.5 Å². The average Bonchev–Trinajstić information content (AvgIpc) is 2.71. The predicted octanol–water partition coefficient (Wildman–Crippen LogP) is 6.60. The Bertz CT molecular complexity index is 793. The second-order valence-corrected chi connectivity index (χ2v) is 9.09. The van der Waals surface area contributed by atoms with Crippen LogP contribution in [0.3, 0.4) is 0 Å². The molecule has 0 spiro atoms. The van der Waals surface area contributed by atoms with Crippen LogP contribution in [0, 0.1) is 5.92 Å². The summed E-state index contributed by atoms with van der Waals surface area (Å²) >= 11 is 0. The summed E-state index contributed by atoms with van der Waals surface area (Å²) in [6.07, 6.45) is 8.91. The van der Waals surface area contributed by atoms with Gasteiger partial charge in [0.2, 0.25) is 0 Å². The zero-order valence-corrected chi connectivity index (χ0v) is 19.7. The zero-order chi connectivity index (χ0) is 23.0. The van der Waals surface area contributed by atoms with Crippen LogP contribution in [0.1, 0.15) is 96.1 Å². The van der Waals surface area contributed by atoms with Crippen LogP contribution in [0.25, 0.3) is 0 Å². The first-order valence-electron chi connectivity index (χ1n) is 11.8. The molecular formula is C27H40O4. The van der Waals surface area contributed by atoms with Crippen LogP contribution in [0.15, 0.2) is 35.9 Å². The highest BCUT2D eigenvalue weighted by atomic mass is 16.5. The molecule has 0 aromatic heterocycles. The molecule has 1 unspecified atom stereocenters. The van der Waals surface area contributed by atoms with Gasteiger partial charge in [-0.15, -0.1) is 0 Å². The van der Waals surface area contributed by atoms with E-state index < -0.39 is 6.10 Å². The van der Waals surface area contributed by atoms with Crippen LogP contribution in [-0.4, -0.2) is 22.3 Å². The topological polar surface area (TPSA) is 66.8 Å². The highest BCUT2D eigenvalue weighted by molar-refractivity contribution is 5.73. The van der Waals surface area contributed by atoms with Crippen molar-refractivity contribution < 1.29 is 19.7 Å². The third kappa shape index (κ3) is 7.24. The minimum absolute atomic E-state index is 0.0695. The third-order valence-electron chi connectivity index (χ3n) is 6.34. The van der Waals surface area contributed by atoms with Gasteiger partial charge in [0.1, 0.15) is 11.5 Å². The average molecular weight is 429 g/mol. The summed E-state index contributed by atoms with van der Waals surface area (Å²) < 4.78 is 5.82. The minimum atomic E-state index is -0.502. The lowest BCUT2D eigenvalue weighted by molar-refractivity contribution is -0.135. The first-order valence-corrected chi connectivity index (χ1v) is 11.8. The smallest absolute Gasteiger partial charge is 0.311 e. The van der Waals surface area contributed by atoms with Crippen molar-refractivity contribution in [1.82, 2.24) is 0 Å². The van der Waals surface area contributed by atoms with Crippen LogP contribution in [0.2, 0.25) is 0 Å². The van der Waals surface area contributed by atoms with E-state index >= 15 is 0 Å². The van der Waals surface area contributed by atoms with Crippen LogP contribution in [-0.2, 0) is 11.2 Å². The van der Waals surface area contributed by atoms with E-state index in [9.17, 15) is 15.0 Å². The molecule has 4 heteroatoms. The molecule has 1 aromatic rings. The SMILES string of the molecule is C=C(C)[C@@H]1CCC(C)=C[C@H]1c1c(O)cc(CCCCC)cc1OC(=O)CCC(O)CC. The van der Waals surface area contributed by atoms with Gasteiger partial charge < -0.3 is 14.9 Å². The van der Waals surface area contributed by atoms with Gasteiger partial charge in [0.25, 0.3) is 0 Å². The normalized spacial score (nSPS) is 19.6. The second-order valence-electron chi connectivity index (χ2n) is 9.09. The van der Waals surface area contributed by atoms with Crippen LogP contribution in [0.4, 0.5) is 0 Å². The largest absolute Gasteiger partial charge is 0.507 e. The molecule has 0 aliphatic heterocycles. The Morgan fingerprint density at radius 2 is 2.03 bits per heavy atom. The summed E-state index contributed by atoms with van der Waals surface area (Å²) in [5.41, 5.74) is 4.01. The summed E-state index contributed by atoms with van der Waals surface area (Å²) in [5, 5.41) is 20.8. The fourth-order valence-electron chi connectivity index (χ4n) is 4.38. The van der Waals surface area contributed by atoms with Gasteiger partial charge in [-0.2, -0.15) is 0 Å². The predicted molar refractivity (Wildman–Crippen MR) is 127 cm³/mol. The highest BCUT2D eigenvalue weighted by Crippen LogP contribution is 2.47. The molecule has 1 aromatic carbocycles. The molecule has 1 aliphatic carbocycles. The van der Waals surface area contributed by atoms with Crippen molar-refractivity contribution in [3.05, 3.63) is 47.1 Å². The number of rotatable bonds is 11. The quantitative estimate of drug-likeness (QED) is 0.180. The number of aryl methyl sites for hydroxylation is 1. The van der Waals surface area contributed by atoms with Crippen molar-refractivity contribution in [3.8, 4) is 11.5 Å². The van der Waals surface area contributed by atoms with Crippen molar-refractivity contribution in [2.75, 3.05) is 0 Å². The summed E-state index contributed by atoms with van der Waals surface area (Å²) in [4.78, 5) is 12.6. The lowest BCUT2D eigenvalue weighted by Crippen LogP contribution is -2.19. The number of allylic oxidation sites excluding steroid dienone is 3. The number of carbonyl (C=O) groups is 1. The number of phenolic OH excluding ortho intramolecular Hbond substituents is 1. The molecular weight excluding hydrogens is 388 g/mol. The van der Waals surface area contributed by atoms with Crippen molar-refractivity contribution in [1.29, 1.82) is 0 Å². The Morgan fingerprint density at radius 3 is 2.68 bits per heavy atom. The van der Waals surface area contributed by atoms with Gasteiger partial charge in [-0.05, 0) is 76.0 Å². The van der Waals surface area contributed by atoms with Gasteiger partial charge in [-0.1, -0.05) is 50.5 Å². The fourth-order valence-corrected chi connectivity index (χ4v) is 4.38. The minimum Gasteiger partial charge on any atom is -0.507 e. The van der Waals surface area contributed by atoms with E-state index in [1.807, 2.05) is 26.0 Å². The second kappa shape index (κ2) is 12.1. The summed E-state index contributed by atoms with van der Waals surface area (Å²) in [7, 11) is 0. The van der Waals surface area contributed by atoms with Crippen LogP contribution >= 0.6 is 0 Å². The Morgan fingerprint density at radius 1 is 1.29 bits per heavy atom. The number of phenols is 1. The first kappa shape index (κ1) is 25.2. The molecule has 3 atom stereocenters. The number of hydrogen-bond donors (Lipinski definition) is 2. The van der Waals surface area contributed by atoms with Crippen molar-refractivity contribution >= 4 is 5.97 Å². The van der Waals surface area contributed by atoms with Crippen molar-refractivity contribution in [3.63, 3.8) is 0 Å². The zero-order valence-electron chi connectivity index (χ0n) is 19.7. The van der Waals surface area contributed by atoms with E-state index in [1.165, 1.54) is 5.57 Å². The van der Waals surface area contributed by atoms with E-state index in [-0.39, 0.29) is 30.0 Å². The molecule has 0 heterocycles. The maximum absolute atomic E-state index is 12.6. The van der Waals surface area contributed by atoms with E-state index in [1.54, 1.807) is 0 Å². The molecule has 1 aliphatic rings. The van der Waals surface area contributed by atoms with Gasteiger partial charge in [0, 0.05) is 17.9 Å². The van der Waals surface area contributed by atoms with Gasteiger partial charge in [-0.3, -0.25) is 4.79 Å². The maximum Gasteiger partial charge on any atom is 0.311 e. The molecule has 0 bridgehead atoms. The molecule has 0 radical (unpaired) electrons. The third-order valence-corrected chi connectivity index (χ3v) is 6.34. The Kier molecular flexibility index (Phi) is 9.83. The van der Waals surface area contributed by atoms with Crippen LogP contribution < -0.4 is 4.74 Å². The Balaban J connectivity index is 2.41. The summed E-state index contributed by atoms with van der Waals surface area (Å²) in [6.45, 7) is 12.4.